The van der Waals surface area contributed by atoms with Gasteiger partial charge in [-0.2, -0.15) is 5.10 Å². The fourth-order valence-electron chi connectivity index (χ4n) is 3.21. The molecule has 0 bridgehead atoms. The molecule has 0 spiro atoms. The number of aryl methyl sites for hydroxylation is 1. The summed E-state index contributed by atoms with van der Waals surface area (Å²) in [5, 5.41) is 9.72. The van der Waals surface area contributed by atoms with Crippen LogP contribution in [0.3, 0.4) is 0 Å². The summed E-state index contributed by atoms with van der Waals surface area (Å²) >= 11 is 5.85. The summed E-state index contributed by atoms with van der Waals surface area (Å²) in [6.45, 7) is 3.90. The van der Waals surface area contributed by atoms with E-state index in [-0.39, 0.29) is 12.5 Å². The second kappa shape index (κ2) is 13.6. The zero-order chi connectivity index (χ0) is 26.6. The van der Waals surface area contributed by atoms with Crippen molar-refractivity contribution in [1.29, 1.82) is 0 Å². The molecule has 9 nitrogen and oxygen atoms in total. The lowest BCUT2D eigenvalue weighted by Crippen LogP contribution is -2.32. The van der Waals surface area contributed by atoms with Gasteiger partial charge in [-0.25, -0.2) is 5.43 Å². The molecule has 3 aromatic carbocycles. The maximum atomic E-state index is 12.2. The van der Waals surface area contributed by atoms with Gasteiger partial charge in [-0.3, -0.25) is 14.4 Å². The lowest BCUT2D eigenvalue weighted by Gasteiger charge is -2.12. The van der Waals surface area contributed by atoms with Crippen LogP contribution in [0.1, 0.15) is 25.0 Å². The smallest absolute Gasteiger partial charge is 0.329 e. The maximum absolute atomic E-state index is 12.2. The predicted octanol–water partition coefficient (Wildman–Crippen LogP) is 4.41. The van der Waals surface area contributed by atoms with Gasteiger partial charge in [0.1, 0.15) is 0 Å². The number of benzene rings is 3. The predicted molar refractivity (Wildman–Crippen MR) is 143 cm³/mol. The minimum Gasteiger partial charge on any atom is -0.490 e. The van der Waals surface area contributed by atoms with Gasteiger partial charge in [-0.15, -0.1) is 0 Å². The van der Waals surface area contributed by atoms with Crippen molar-refractivity contribution in [1.82, 2.24) is 5.43 Å². The van der Waals surface area contributed by atoms with Gasteiger partial charge < -0.3 is 20.1 Å². The van der Waals surface area contributed by atoms with Crippen LogP contribution in [-0.2, 0) is 20.8 Å². The summed E-state index contributed by atoms with van der Waals surface area (Å²) in [7, 11) is 0. The quantitative estimate of drug-likeness (QED) is 0.207. The van der Waals surface area contributed by atoms with E-state index >= 15 is 0 Å². The number of nitrogens with one attached hydrogen (secondary N) is 3. The molecule has 0 aliphatic rings. The molecule has 0 radical (unpaired) electrons. The molecule has 0 saturated heterocycles. The standard InChI is InChI=1S/C27H27ClN4O5/c1-3-19-7-5-6-8-22(19)31-26(34)27(35)32-29-16-18-9-14-23(24(15-18)36-4-2)37-17-25(33)30-21-12-10-20(28)11-13-21/h5-16H,3-4,17H2,1-2H3,(H,30,33)(H,31,34)(H,32,35)/b29-16-. The number of hydrogen-bond acceptors (Lipinski definition) is 6. The second-order valence-corrected chi connectivity index (χ2v) is 8.08. The molecular weight excluding hydrogens is 496 g/mol. The third kappa shape index (κ3) is 8.36. The Hall–Kier alpha value is -4.37. The molecule has 3 aromatic rings. The number of amides is 3. The summed E-state index contributed by atoms with van der Waals surface area (Å²) in [4.78, 5) is 36.5. The first-order valence-electron chi connectivity index (χ1n) is 11.6. The first-order valence-corrected chi connectivity index (χ1v) is 11.9. The van der Waals surface area contributed by atoms with E-state index < -0.39 is 11.8 Å². The van der Waals surface area contributed by atoms with Gasteiger partial charge in [-0.1, -0.05) is 36.7 Å². The number of carbonyl (C=O) groups is 3. The van der Waals surface area contributed by atoms with E-state index in [9.17, 15) is 14.4 Å². The van der Waals surface area contributed by atoms with Crippen molar-refractivity contribution in [3.05, 3.63) is 82.9 Å². The number of halogens is 1. The Morgan fingerprint density at radius 1 is 0.892 bits per heavy atom. The number of rotatable bonds is 10. The van der Waals surface area contributed by atoms with E-state index in [1.54, 1.807) is 54.6 Å². The topological polar surface area (TPSA) is 118 Å². The van der Waals surface area contributed by atoms with Crippen LogP contribution in [0.5, 0.6) is 11.5 Å². The van der Waals surface area contributed by atoms with Gasteiger partial charge in [0.05, 0.1) is 12.8 Å². The van der Waals surface area contributed by atoms with Gasteiger partial charge in [0, 0.05) is 16.4 Å². The zero-order valence-electron chi connectivity index (χ0n) is 20.4. The molecule has 0 atom stereocenters. The molecule has 192 valence electrons. The average Bonchev–Trinajstić information content (AvgIpc) is 2.90. The van der Waals surface area contributed by atoms with Crippen molar-refractivity contribution < 1.29 is 23.9 Å². The molecule has 0 saturated carbocycles. The highest BCUT2D eigenvalue weighted by atomic mass is 35.5. The zero-order valence-corrected chi connectivity index (χ0v) is 21.2. The number of para-hydroxylation sites is 1. The van der Waals surface area contributed by atoms with Gasteiger partial charge in [-0.05, 0) is 73.0 Å². The second-order valence-electron chi connectivity index (χ2n) is 7.65. The van der Waals surface area contributed by atoms with Crippen LogP contribution in [0.2, 0.25) is 5.02 Å². The summed E-state index contributed by atoms with van der Waals surface area (Å²) < 4.78 is 11.2. The number of anilines is 2. The van der Waals surface area contributed by atoms with Crippen LogP contribution >= 0.6 is 11.6 Å². The Morgan fingerprint density at radius 3 is 2.38 bits per heavy atom. The van der Waals surface area contributed by atoms with Gasteiger partial charge in [0.2, 0.25) is 0 Å². The van der Waals surface area contributed by atoms with E-state index in [4.69, 9.17) is 21.1 Å². The van der Waals surface area contributed by atoms with Crippen molar-refractivity contribution in [2.24, 2.45) is 5.10 Å². The first kappa shape index (κ1) is 27.2. The molecule has 0 aliphatic carbocycles. The van der Waals surface area contributed by atoms with Crippen molar-refractivity contribution in [2.75, 3.05) is 23.8 Å². The third-order valence-corrected chi connectivity index (χ3v) is 5.24. The fraction of sp³-hybridized carbons (Fsp3) is 0.185. The van der Waals surface area contributed by atoms with Crippen molar-refractivity contribution in [3.63, 3.8) is 0 Å². The van der Waals surface area contributed by atoms with Crippen LogP contribution < -0.4 is 25.5 Å². The Balaban J connectivity index is 1.56. The Kier molecular flexibility index (Phi) is 10.0. The molecule has 3 amide bonds. The molecule has 10 heteroatoms. The first-order chi connectivity index (χ1) is 17.9. The highest BCUT2D eigenvalue weighted by Crippen LogP contribution is 2.28. The Bertz CT molecular complexity index is 1280. The molecular formula is C27H27ClN4O5. The van der Waals surface area contributed by atoms with E-state index in [1.807, 2.05) is 26.0 Å². The van der Waals surface area contributed by atoms with Crippen LogP contribution in [0, 0.1) is 0 Å². The van der Waals surface area contributed by atoms with Crippen LogP contribution in [0.4, 0.5) is 11.4 Å². The summed E-state index contributed by atoms with van der Waals surface area (Å²) in [6, 6.07) is 18.9. The number of nitrogens with zero attached hydrogens (tertiary/aromatic N) is 1. The van der Waals surface area contributed by atoms with Crippen LogP contribution in [0.25, 0.3) is 0 Å². The molecule has 3 N–H and O–H groups in total. The van der Waals surface area contributed by atoms with Crippen LogP contribution in [0.15, 0.2) is 71.8 Å². The van der Waals surface area contributed by atoms with E-state index in [0.717, 1.165) is 5.56 Å². The third-order valence-electron chi connectivity index (χ3n) is 4.99. The Morgan fingerprint density at radius 2 is 1.65 bits per heavy atom. The summed E-state index contributed by atoms with van der Waals surface area (Å²) in [5.74, 6) is -1.32. The fourth-order valence-corrected chi connectivity index (χ4v) is 3.34. The van der Waals surface area contributed by atoms with Gasteiger partial charge in [0.25, 0.3) is 5.91 Å². The lowest BCUT2D eigenvalue weighted by atomic mass is 10.1. The van der Waals surface area contributed by atoms with Gasteiger partial charge in [0.15, 0.2) is 18.1 Å². The molecule has 0 fully saturated rings. The number of ether oxygens (including phenoxy) is 2. The van der Waals surface area contributed by atoms with Crippen molar-refractivity contribution >= 4 is 46.9 Å². The monoisotopic (exact) mass is 522 g/mol. The molecule has 0 aromatic heterocycles. The SMILES string of the molecule is CCOc1cc(/C=N\NC(=O)C(=O)Nc2ccccc2CC)ccc1OCC(=O)Nc1ccc(Cl)cc1. The van der Waals surface area contributed by atoms with Crippen LogP contribution in [-0.4, -0.2) is 37.1 Å². The maximum Gasteiger partial charge on any atom is 0.329 e. The normalized spacial score (nSPS) is 10.6. The van der Waals surface area contributed by atoms with Crippen molar-refractivity contribution in [3.8, 4) is 11.5 Å². The minimum absolute atomic E-state index is 0.234. The molecule has 0 heterocycles. The average molecular weight is 523 g/mol. The lowest BCUT2D eigenvalue weighted by molar-refractivity contribution is -0.136. The largest absolute Gasteiger partial charge is 0.490 e. The molecule has 37 heavy (non-hydrogen) atoms. The summed E-state index contributed by atoms with van der Waals surface area (Å²) in [6.07, 6.45) is 2.08. The van der Waals surface area contributed by atoms with Crippen molar-refractivity contribution in [2.45, 2.75) is 20.3 Å². The molecule has 0 aliphatic heterocycles. The molecule has 3 rings (SSSR count). The number of carbonyl (C=O) groups excluding carboxylic acids is 3. The number of hydrazone groups is 1. The summed E-state index contributed by atoms with van der Waals surface area (Å²) in [5.41, 5.74) is 4.88. The minimum atomic E-state index is -0.904. The van der Waals surface area contributed by atoms with E-state index in [0.29, 0.717) is 46.5 Å². The van der Waals surface area contributed by atoms with E-state index in [2.05, 4.69) is 21.2 Å². The Labute approximate surface area is 219 Å². The molecule has 0 unspecified atom stereocenters. The van der Waals surface area contributed by atoms with Gasteiger partial charge >= 0.3 is 11.8 Å². The van der Waals surface area contributed by atoms with E-state index in [1.165, 1.54) is 6.21 Å². The number of hydrogen-bond donors (Lipinski definition) is 3. The highest BCUT2D eigenvalue weighted by Gasteiger charge is 2.14. The highest BCUT2D eigenvalue weighted by molar-refractivity contribution is 6.39.